The Labute approximate surface area is 99.6 Å². The van der Waals surface area contributed by atoms with Gasteiger partial charge in [0.15, 0.2) is 0 Å². The molecule has 0 aliphatic rings. The Bertz CT molecular complexity index is 369. The maximum Gasteiger partial charge on any atom is 0.326 e. The maximum absolute atomic E-state index is 11.0. The lowest BCUT2D eigenvalue weighted by atomic mass is 10.0. The molecule has 0 unspecified atom stereocenters. The lowest BCUT2D eigenvalue weighted by molar-refractivity contribution is -0.138. The number of hydrogen-bond acceptors (Lipinski definition) is 3. The number of halogens is 1. The van der Waals surface area contributed by atoms with Crippen molar-refractivity contribution in [2.24, 2.45) is 5.92 Å². The van der Waals surface area contributed by atoms with Crippen molar-refractivity contribution < 1.29 is 9.90 Å². The van der Waals surface area contributed by atoms with E-state index in [2.05, 4.69) is 10.3 Å². The van der Waals surface area contributed by atoms with Crippen LogP contribution < -0.4 is 5.32 Å². The third-order valence-corrected chi connectivity index (χ3v) is 2.38. The highest BCUT2D eigenvalue weighted by Gasteiger charge is 2.19. The van der Waals surface area contributed by atoms with E-state index >= 15 is 0 Å². The van der Waals surface area contributed by atoms with Gasteiger partial charge in [-0.1, -0.05) is 25.4 Å². The number of anilines is 1. The van der Waals surface area contributed by atoms with Crippen LogP contribution in [-0.2, 0) is 4.79 Å². The zero-order valence-electron chi connectivity index (χ0n) is 9.27. The molecular formula is C11H15ClN2O2. The number of carbonyl (C=O) groups is 1. The van der Waals surface area contributed by atoms with E-state index in [4.69, 9.17) is 16.7 Å². The molecule has 0 bridgehead atoms. The highest BCUT2D eigenvalue weighted by Crippen LogP contribution is 2.20. The average Bonchev–Trinajstić information content (AvgIpc) is 2.19. The number of carboxylic acids is 1. The van der Waals surface area contributed by atoms with Crippen molar-refractivity contribution in [3.8, 4) is 0 Å². The van der Waals surface area contributed by atoms with Gasteiger partial charge >= 0.3 is 5.97 Å². The van der Waals surface area contributed by atoms with Gasteiger partial charge in [0.25, 0.3) is 0 Å². The quantitative estimate of drug-likeness (QED) is 0.833. The van der Waals surface area contributed by atoms with Crippen LogP contribution >= 0.6 is 11.6 Å². The Balaban J connectivity index is 2.76. The number of hydrogen-bond donors (Lipinski definition) is 2. The van der Waals surface area contributed by atoms with Gasteiger partial charge in [0.05, 0.1) is 5.02 Å². The number of pyridine rings is 1. The Morgan fingerprint density at radius 3 is 2.81 bits per heavy atom. The second-order valence-corrected chi connectivity index (χ2v) is 4.41. The fraction of sp³-hybridized carbons (Fsp3) is 0.455. The molecule has 0 fully saturated rings. The van der Waals surface area contributed by atoms with E-state index in [9.17, 15) is 4.79 Å². The monoisotopic (exact) mass is 242 g/mol. The molecule has 1 heterocycles. The second-order valence-electron chi connectivity index (χ2n) is 4.00. The first-order valence-corrected chi connectivity index (χ1v) is 5.48. The Morgan fingerprint density at radius 2 is 2.31 bits per heavy atom. The average molecular weight is 243 g/mol. The van der Waals surface area contributed by atoms with E-state index in [1.54, 1.807) is 18.3 Å². The van der Waals surface area contributed by atoms with Crippen LogP contribution in [0.4, 0.5) is 5.82 Å². The molecule has 5 heteroatoms. The van der Waals surface area contributed by atoms with Crippen LogP contribution in [-0.4, -0.2) is 22.1 Å². The van der Waals surface area contributed by atoms with Crippen LogP contribution in [0.5, 0.6) is 0 Å². The minimum absolute atomic E-state index is 0.288. The SMILES string of the molecule is CC(C)C[C@@H](Nc1ncccc1Cl)C(=O)O. The summed E-state index contributed by atoms with van der Waals surface area (Å²) < 4.78 is 0. The van der Waals surface area contributed by atoms with Gasteiger partial charge < -0.3 is 10.4 Å². The van der Waals surface area contributed by atoms with Gasteiger partial charge in [0, 0.05) is 6.20 Å². The number of nitrogens with one attached hydrogen (secondary N) is 1. The van der Waals surface area contributed by atoms with Crippen molar-refractivity contribution in [3.05, 3.63) is 23.4 Å². The summed E-state index contributed by atoms with van der Waals surface area (Å²) in [5.41, 5.74) is 0. The molecule has 4 nitrogen and oxygen atoms in total. The zero-order valence-corrected chi connectivity index (χ0v) is 10.0. The predicted molar refractivity (Wildman–Crippen MR) is 63.7 cm³/mol. The van der Waals surface area contributed by atoms with Crippen molar-refractivity contribution in [1.82, 2.24) is 4.98 Å². The molecule has 0 amide bonds. The predicted octanol–water partition coefficient (Wildman–Crippen LogP) is 2.65. The first-order chi connectivity index (χ1) is 7.50. The topological polar surface area (TPSA) is 62.2 Å². The molecule has 0 spiro atoms. The van der Waals surface area contributed by atoms with Crippen LogP contribution in [0.1, 0.15) is 20.3 Å². The standard InChI is InChI=1S/C11H15ClN2O2/c1-7(2)6-9(11(15)16)14-10-8(12)4-3-5-13-10/h3-5,7,9H,6H2,1-2H3,(H,13,14)(H,15,16)/t9-/m1/s1. The van der Waals surface area contributed by atoms with Gasteiger partial charge in [-0.3, -0.25) is 0 Å². The molecule has 1 aromatic heterocycles. The summed E-state index contributed by atoms with van der Waals surface area (Å²) in [6.07, 6.45) is 2.10. The van der Waals surface area contributed by atoms with Gasteiger partial charge in [0.1, 0.15) is 11.9 Å². The third-order valence-electron chi connectivity index (χ3n) is 2.07. The minimum Gasteiger partial charge on any atom is -0.480 e. The van der Waals surface area contributed by atoms with E-state index in [0.29, 0.717) is 17.3 Å². The molecule has 1 rings (SSSR count). The normalized spacial score (nSPS) is 12.5. The molecule has 1 atom stereocenters. The van der Waals surface area contributed by atoms with Gasteiger partial charge in [-0.2, -0.15) is 0 Å². The molecule has 0 aliphatic carbocycles. The molecule has 1 aromatic rings. The molecule has 88 valence electrons. The van der Waals surface area contributed by atoms with E-state index < -0.39 is 12.0 Å². The van der Waals surface area contributed by atoms with E-state index in [1.165, 1.54) is 0 Å². The molecular weight excluding hydrogens is 228 g/mol. The van der Waals surface area contributed by atoms with Crippen molar-refractivity contribution >= 4 is 23.4 Å². The molecule has 0 radical (unpaired) electrons. The van der Waals surface area contributed by atoms with E-state index in [-0.39, 0.29) is 5.92 Å². The molecule has 0 aliphatic heterocycles. The lowest BCUT2D eigenvalue weighted by Gasteiger charge is -2.17. The highest BCUT2D eigenvalue weighted by atomic mass is 35.5. The summed E-state index contributed by atoms with van der Waals surface area (Å²) in [5.74, 6) is -0.191. The maximum atomic E-state index is 11.0. The van der Waals surface area contributed by atoms with Gasteiger partial charge in [-0.25, -0.2) is 9.78 Å². The Hall–Kier alpha value is -1.29. The van der Waals surface area contributed by atoms with Crippen molar-refractivity contribution in [1.29, 1.82) is 0 Å². The number of aromatic nitrogens is 1. The summed E-state index contributed by atoms with van der Waals surface area (Å²) >= 11 is 5.89. The Kier molecular flexibility index (Phi) is 4.55. The van der Waals surface area contributed by atoms with Crippen LogP contribution in [0.25, 0.3) is 0 Å². The summed E-state index contributed by atoms with van der Waals surface area (Å²) in [7, 11) is 0. The van der Waals surface area contributed by atoms with E-state index in [0.717, 1.165) is 0 Å². The first kappa shape index (κ1) is 12.8. The molecule has 0 saturated heterocycles. The molecule has 16 heavy (non-hydrogen) atoms. The van der Waals surface area contributed by atoms with Crippen LogP contribution in [0, 0.1) is 5.92 Å². The molecule has 2 N–H and O–H groups in total. The van der Waals surface area contributed by atoms with Crippen molar-refractivity contribution in [2.45, 2.75) is 26.3 Å². The zero-order chi connectivity index (χ0) is 12.1. The van der Waals surface area contributed by atoms with Crippen LogP contribution in [0.3, 0.4) is 0 Å². The third kappa shape index (κ3) is 3.70. The lowest BCUT2D eigenvalue weighted by Crippen LogP contribution is -2.31. The summed E-state index contributed by atoms with van der Waals surface area (Å²) in [6, 6.07) is 2.71. The highest BCUT2D eigenvalue weighted by molar-refractivity contribution is 6.32. The fourth-order valence-electron chi connectivity index (χ4n) is 1.35. The van der Waals surface area contributed by atoms with Gasteiger partial charge in [-0.15, -0.1) is 0 Å². The number of aliphatic carboxylic acids is 1. The molecule has 0 aromatic carbocycles. The smallest absolute Gasteiger partial charge is 0.326 e. The Morgan fingerprint density at radius 1 is 1.62 bits per heavy atom. The summed E-state index contributed by atoms with van der Waals surface area (Å²) in [6.45, 7) is 3.94. The number of carboxylic acid groups (broad SMARTS) is 1. The number of rotatable bonds is 5. The second kappa shape index (κ2) is 5.70. The summed E-state index contributed by atoms with van der Waals surface area (Å²) in [4.78, 5) is 15.0. The van der Waals surface area contributed by atoms with Crippen LogP contribution in [0.15, 0.2) is 18.3 Å². The van der Waals surface area contributed by atoms with E-state index in [1.807, 2.05) is 13.8 Å². The largest absolute Gasteiger partial charge is 0.480 e. The first-order valence-electron chi connectivity index (χ1n) is 5.10. The van der Waals surface area contributed by atoms with Gasteiger partial charge in [0.2, 0.25) is 0 Å². The van der Waals surface area contributed by atoms with Crippen molar-refractivity contribution in [3.63, 3.8) is 0 Å². The van der Waals surface area contributed by atoms with Crippen molar-refractivity contribution in [2.75, 3.05) is 5.32 Å². The summed E-state index contributed by atoms with van der Waals surface area (Å²) in [5, 5.41) is 12.3. The van der Waals surface area contributed by atoms with Crippen LogP contribution in [0.2, 0.25) is 5.02 Å². The fourth-order valence-corrected chi connectivity index (χ4v) is 1.53. The number of nitrogens with zero attached hydrogens (tertiary/aromatic N) is 1. The molecule has 0 saturated carbocycles. The van der Waals surface area contributed by atoms with Gasteiger partial charge in [-0.05, 0) is 24.5 Å². The minimum atomic E-state index is -0.893.